The van der Waals surface area contributed by atoms with Gasteiger partial charge in [-0.05, 0) is 76.0 Å². The summed E-state index contributed by atoms with van der Waals surface area (Å²) in [4.78, 5) is 79.3. The number of nitrogens with two attached hydrogens (primary N) is 6. The van der Waals surface area contributed by atoms with Crippen LogP contribution in [-0.2, 0) is 30.4 Å². The van der Waals surface area contributed by atoms with Gasteiger partial charge in [0.25, 0.3) is 0 Å². The van der Waals surface area contributed by atoms with Gasteiger partial charge in [0.2, 0.25) is 23.6 Å². The lowest BCUT2D eigenvalue weighted by atomic mass is 10.0. The number of amides is 4. The van der Waals surface area contributed by atoms with Crippen molar-refractivity contribution >= 4 is 52.4 Å². The van der Waals surface area contributed by atoms with Gasteiger partial charge in [-0.2, -0.15) is 0 Å². The molecule has 53 heavy (non-hydrogen) atoms. The minimum Gasteiger partial charge on any atom is -0.480 e. The summed E-state index contributed by atoms with van der Waals surface area (Å²) in [5, 5.41) is 18.7. The molecule has 0 saturated carbocycles. The summed E-state index contributed by atoms with van der Waals surface area (Å²) in [6, 6.07) is 2.12. The Bertz CT molecular complexity index is 1600. The molecule has 1 aromatic heterocycles. The second-order valence-electron chi connectivity index (χ2n) is 13.1. The molecule has 0 radical (unpaired) electrons. The van der Waals surface area contributed by atoms with E-state index in [1.807, 2.05) is 24.3 Å². The molecule has 3 rings (SSSR count). The van der Waals surface area contributed by atoms with E-state index in [2.05, 4.69) is 30.9 Å². The van der Waals surface area contributed by atoms with Crippen LogP contribution in [0.15, 0.2) is 40.4 Å². The van der Waals surface area contributed by atoms with E-state index in [-0.39, 0.29) is 57.2 Å². The number of aliphatic carboxylic acids is 1. The Hall–Kier alpha value is -5.43. The van der Waals surface area contributed by atoms with Gasteiger partial charge in [-0.1, -0.05) is 18.2 Å². The number of carboxylic acids is 1. The topological polar surface area (TPSA) is 342 Å². The van der Waals surface area contributed by atoms with Gasteiger partial charge < -0.3 is 65.3 Å². The molecule has 19 nitrogen and oxygen atoms in total. The van der Waals surface area contributed by atoms with Gasteiger partial charge in [0.1, 0.15) is 24.2 Å². The zero-order chi connectivity index (χ0) is 38.9. The summed E-state index contributed by atoms with van der Waals surface area (Å²) in [5.74, 6) is -3.77. The highest BCUT2D eigenvalue weighted by atomic mass is 16.4. The van der Waals surface area contributed by atoms with Crippen LogP contribution in [0.1, 0.15) is 63.4 Å². The van der Waals surface area contributed by atoms with Crippen LogP contribution in [-0.4, -0.2) is 113 Å². The van der Waals surface area contributed by atoms with Crippen LogP contribution in [0.4, 0.5) is 0 Å². The number of hydrogen-bond donors (Lipinski definition) is 11. The predicted octanol–water partition coefficient (Wildman–Crippen LogP) is -2.20. The summed E-state index contributed by atoms with van der Waals surface area (Å²) in [5.41, 5.74) is 35.0. The van der Waals surface area contributed by atoms with Crippen LogP contribution in [0.3, 0.4) is 0 Å². The summed E-state index contributed by atoms with van der Waals surface area (Å²) in [7, 11) is 0. The fourth-order valence-corrected chi connectivity index (χ4v) is 6.21. The van der Waals surface area contributed by atoms with Crippen LogP contribution in [0.2, 0.25) is 0 Å². The summed E-state index contributed by atoms with van der Waals surface area (Å²) in [6.45, 7) is 1.04. The number of para-hydroxylation sites is 1. The van der Waals surface area contributed by atoms with Crippen LogP contribution < -0.4 is 50.4 Å². The van der Waals surface area contributed by atoms with Crippen LogP contribution in [0.5, 0.6) is 0 Å². The molecule has 0 aliphatic carbocycles. The van der Waals surface area contributed by atoms with Crippen molar-refractivity contribution < 1.29 is 29.1 Å². The maximum atomic E-state index is 14.2. The van der Waals surface area contributed by atoms with Gasteiger partial charge in [-0.15, -0.1) is 0 Å². The van der Waals surface area contributed by atoms with E-state index in [1.165, 1.54) is 4.90 Å². The Morgan fingerprint density at radius 3 is 2.15 bits per heavy atom. The molecule has 19 heteroatoms. The number of fused-ring (bicyclic) bond motifs is 1. The van der Waals surface area contributed by atoms with Crippen molar-refractivity contribution in [2.45, 2.75) is 94.4 Å². The number of hydrogen-bond acceptors (Lipinski definition) is 9. The fourth-order valence-electron chi connectivity index (χ4n) is 6.21. The van der Waals surface area contributed by atoms with Gasteiger partial charge in [-0.25, -0.2) is 4.79 Å². The van der Waals surface area contributed by atoms with Crippen molar-refractivity contribution in [1.82, 2.24) is 25.8 Å². The zero-order valence-electron chi connectivity index (χ0n) is 30.0. The Morgan fingerprint density at radius 2 is 1.49 bits per heavy atom. The minimum atomic E-state index is -1.19. The average Bonchev–Trinajstić information content (AvgIpc) is 3.78. The number of aromatic amines is 1. The summed E-state index contributed by atoms with van der Waals surface area (Å²) in [6.07, 6.45) is 4.95. The quantitative estimate of drug-likeness (QED) is 0.0348. The largest absolute Gasteiger partial charge is 0.480 e. The number of H-pyrrole nitrogens is 1. The average molecular weight is 742 g/mol. The van der Waals surface area contributed by atoms with Gasteiger partial charge >= 0.3 is 5.97 Å². The number of guanidine groups is 2. The first kappa shape index (κ1) is 42.0. The number of carboxylic acid groups (broad SMARTS) is 1. The van der Waals surface area contributed by atoms with E-state index in [9.17, 15) is 29.1 Å². The van der Waals surface area contributed by atoms with Crippen molar-refractivity contribution in [2.75, 3.05) is 26.2 Å². The van der Waals surface area contributed by atoms with Crippen LogP contribution in [0, 0.1) is 0 Å². The highest BCUT2D eigenvalue weighted by Gasteiger charge is 2.39. The third-order valence-electron chi connectivity index (χ3n) is 9.00. The second-order valence-corrected chi connectivity index (χ2v) is 13.1. The maximum Gasteiger partial charge on any atom is 0.326 e. The Balaban J connectivity index is 1.84. The summed E-state index contributed by atoms with van der Waals surface area (Å²) >= 11 is 0. The van der Waals surface area contributed by atoms with E-state index in [0.717, 1.165) is 16.5 Å². The monoisotopic (exact) mass is 741 g/mol. The number of aliphatic imine (C=N–C) groups is 2. The van der Waals surface area contributed by atoms with Gasteiger partial charge in [0, 0.05) is 43.2 Å². The lowest BCUT2D eigenvalue weighted by Gasteiger charge is -2.30. The fraction of sp³-hybridized carbons (Fsp3) is 0.559. The molecule has 4 amide bonds. The highest BCUT2D eigenvalue weighted by molar-refractivity contribution is 5.96. The highest BCUT2D eigenvalue weighted by Crippen LogP contribution is 2.22. The number of nitrogens with one attached hydrogen (secondary N) is 4. The van der Waals surface area contributed by atoms with E-state index in [1.54, 1.807) is 6.20 Å². The number of likely N-dealkylation sites (tertiary alicyclic amines) is 1. The first-order chi connectivity index (χ1) is 25.3. The number of carbonyl (C=O) groups is 5. The molecule has 5 atom stereocenters. The zero-order valence-corrected chi connectivity index (χ0v) is 30.0. The molecule has 292 valence electrons. The normalized spacial score (nSPS) is 16.2. The summed E-state index contributed by atoms with van der Waals surface area (Å²) < 4.78 is 0. The molecule has 1 fully saturated rings. The molecular formula is C34H55N13O6. The predicted molar refractivity (Wildman–Crippen MR) is 201 cm³/mol. The minimum absolute atomic E-state index is 0.0622. The molecule has 17 N–H and O–H groups in total. The lowest BCUT2D eigenvalue weighted by Crippen LogP contribution is -2.58. The molecule has 1 aliphatic heterocycles. The standard InChI is InChI=1S/C34H55N13O6/c35-14-4-3-11-25(32(52)53)45-30(50)27-13-7-17-47(27)31(51)24(12-6-16-42-34(39)40)44-29(49)26(18-20-19-43-23-10-2-1-8-21(20)23)46-28(48)22(36)9-5-15-41-33(37)38/h1-2,8,10,19,22,24-27,43H,3-7,9,11-18,35-36H2,(H,44,49)(H,45,50)(H,46,48)(H,52,53)(H4,37,38,41)(H4,39,40,42)/t22-,24-,25-,26-,27-/m0/s1. The molecule has 0 unspecified atom stereocenters. The SMILES string of the molecule is NCCCC[C@H](NC(=O)[C@@H]1CCCN1C(=O)[C@H](CCCN=C(N)N)NC(=O)[C@H](Cc1c[nH]c2ccccc12)NC(=O)[C@@H](N)CCCN=C(N)N)C(=O)O. The van der Waals surface area contributed by atoms with E-state index >= 15 is 0 Å². The smallest absolute Gasteiger partial charge is 0.326 e. The lowest BCUT2D eigenvalue weighted by molar-refractivity contribution is -0.145. The van der Waals surface area contributed by atoms with Gasteiger partial charge in [0.15, 0.2) is 11.9 Å². The Morgan fingerprint density at radius 1 is 0.849 bits per heavy atom. The number of benzene rings is 1. The van der Waals surface area contributed by atoms with Gasteiger partial charge in [0.05, 0.1) is 6.04 Å². The van der Waals surface area contributed by atoms with Crippen molar-refractivity contribution in [3.8, 4) is 0 Å². The molecule has 1 aromatic carbocycles. The third-order valence-corrected chi connectivity index (χ3v) is 9.00. The Kier molecular flexibility index (Phi) is 16.8. The van der Waals surface area contributed by atoms with Crippen LogP contribution >= 0.6 is 0 Å². The third kappa shape index (κ3) is 13.2. The number of aromatic nitrogens is 1. The van der Waals surface area contributed by atoms with Crippen molar-refractivity contribution in [1.29, 1.82) is 0 Å². The van der Waals surface area contributed by atoms with Crippen LogP contribution in [0.25, 0.3) is 10.9 Å². The van der Waals surface area contributed by atoms with Crippen molar-refractivity contribution in [2.24, 2.45) is 44.4 Å². The van der Waals surface area contributed by atoms with Crippen molar-refractivity contribution in [3.05, 3.63) is 36.0 Å². The molecule has 2 heterocycles. The Labute approximate surface area is 308 Å². The maximum absolute atomic E-state index is 14.2. The first-order valence-electron chi connectivity index (χ1n) is 17.9. The van der Waals surface area contributed by atoms with E-state index in [0.29, 0.717) is 45.1 Å². The van der Waals surface area contributed by atoms with Crippen molar-refractivity contribution in [3.63, 3.8) is 0 Å². The second kappa shape index (κ2) is 21.2. The molecule has 0 bridgehead atoms. The number of unbranched alkanes of at least 4 members (excludes halogenated alkanes) is 1. The molecule has 2 aromatic rings. The molecule has 1 aliphatic rings. The first-order valence-corrected chi connectivity index (χ1v) is 17.9. The van der Waals surface area contributed by atoms with E-state index in [4.69, 9.17) is 34.4 Å². The van der Waals surface area contributed by atoms with Gasteiger partial charge in [-0.3, -0.25) is 29.2 Å². The number of carbonyl (C=O) groups excluding carboxylic acids is 4. The molecular weight excluding hydrogens is 686 g/mol. The number of rotatable bonds is 22. The molecule has 1 saturated heterocycles. The number of nitrogens with zero attached hydrogens (tertiary/aromatic N) is 3. The molecule has 0 spiro atoms. The van der Waals surface area contributed by atoms with E-state index < -0.39 is 59.8 Å².